The summed E-state index contributed by atoms with van der Waals surface area (Å²) >= 11 is 1.59. The molecule has 5 heteroatoms. The molecule has 0 atom stereocenters. The minimum absolute atomic E-state index is 0.290. The van der Waals surface area contributed by atoms with Crippen molar-refractivity contribution in [2.75, 3.05) is 10.6 Å². The van der Waals surface area contributed by atoms with Gasteiger partial charge in [-0.1, -0.05) is 47.7 Å². The molecule has 2 amide bonds. The number of pyridine rings is 1. The maximum Gasteiger partial charge on any atom is 0.323 e. The lowest BCUT2D eigenvalue weighted by atomic mass is 10.2. The molecule has 3 rings (SSSR count). The van der Waals surface area contributed by atoms with E-state index >= 15 is 0 Å². The predicted molar refractivity (Wildman–Crippen MR) is 98.6 cm³/mol. The zero-order valence-corrected chi connectivity index (χ0v) is 14.0. The molecule has 0 radical (unpaired) electrons. The fraction of sp³-hybridized carbons (Fsp3) is 0.0526. The highest BCUT2D eigenvalue weighted by molar-refractivity contribution is 7.99. The fourth-order valence-electron chi connectivity index (χ4n) is 2.13. The van der Waals surface area contributed by atoms with Crippen LogP contribution in [0.5, 0.6) is 0 Å². The molecule has 2 N–H and O–H groups in total. The molecule has 0 fully saturated rings. The van der Waals surface area contributed by atoms with Crippen molar-refractivity contribution in [3.05, 3.63) is 78.5 Å². The van der Waals surface area contributed by atoms with Crippen LogP contribution in [0.3, 0.4) is 0 Å². The van der Waals surface area contributed by atoms with Crippen molar-refractivity contribution in [2.45, 2.75) is 16.8 Å². The third kappa shape index (κ3) is 4.60. The summed E-state index contributed by atoms with van der Waals surface area (Å²) in [6.07, 6.45) is 1.66. The van der Waals surface area contributed by atoms with Gasteiger partial charge >= 0.3 is 6.03 Å². The Hall–Kier alpha value is -2.79. The second-order valence-electron chi connectivity index (χ2n) is 5.25. The molecule has 0 aliphatic heterocycles. The Kier molecular flexibility index (Phi) is 5.13. The van der Waals surface area contributed by atoms with Gasteiger partial charge in [-0.05, 0) is 43.3 Å². The van der Waals surface area contributed by atoms with Gasteiger partial charge in [-0.25, -0.2) is 9.78 Å². The Morgan fingerprint density at radius 3 is 2.42 bits per heavy atom. The molecule has 0 aliphatic rings. The summed E-state index contributed by atoms with van der Waals surface area (Å²) < 4.78 is 0. The number of carbonyl (C=O) groups excluding carboxylic acids is 1. The number of nitrogens with one attached hydrogen (secondary N) is 2. The maximum atomic E-state index is 11.9. The summed E-state index contributed by atoms with van der Waals surface area (Å²) in [4.78, 5) is 17.5. The highest BCUT2D eigenvalue weighted by Gasteiger charge is 2.04. The summed E-state index contributed by atoms with van der Waals surface area (Å²) in [5.74, 6) is 0. The lowest BCUT2D eigenvalue weighted by Gasteiger charge is -2.08. The quantitative estimate of drug-likeness (QED) is 0.690. The summed E-state index contributed by atoms with van der Waals surface area (Å²) in [5.41, 5.74) is 2.61. The van der Waals surface area contributed by atoms with E-state index in [1.54, 1.807) is 18.0 Å². The number of aromatic nitrogens is 1. The molecule has 1 heterocycles. The average Bonchev–Trinajstić information content (AvgIpc) is 2.57. The number of hydrogen-bond acceptors (Lipinski definition) is 3. The second kappa shape index (κ2) is 7.66. The van der Waals surface area contributed by atoms with Crippen molar-refractivity contribution in [3.63, 3.8) is 0 Å². The van der Waals surface area contributed by atoms with Gasteiger partial charge in [-0.15, -0.1) is 0 Å². The number of para-hydroxylation sites is 1. The average molecular weight is 335 g/mol. The molecule has 120 valence electrons. The van der Waals surface area contributed by atoms with E-state index in [4.69, 9.17) is 0 Å². The first kappa shape index (κ1) is 16.1. The molecule has 2 aromatic carbocycles. The van der Waals surface area contributed by atoms with Crippen LogP contribution in [0.4, 0.5) is 16.2 Å². The monoisotopic (exact) mass is 335 g/mol. The summed E-state index contributed by atoms with van der Waals surface area (Å²) in [5, 5.41) is 6.42. The number of amides is 2. The fourth-order valence-corrected chi connectivity index (χ4v) is 3.00. The maximum absolute atomic E-state index is 11.9. The Morgan fingerprint density at radius 1 is 0.917 bits per heavy atom. The number of hydrogen-bond donors (Lipinski definition) is 2. The van der Waals surface area contributed by atoms with Crippen molar-refractivity contribution < 1.29 is 4.79 Å². The number of urea groups is 1. The highest BCUT2D eigenvalue weighted by atomic mass is 32.2. The van der Waals surface area contributed by atoms with Crippen LogP contribution in [0, 0.1) is 6.92 Å². The Labute approximate surface area is 145 Å². The largest absolute Gasteiger partial charge is 0.323 e. The van der Waals surface area contributed by atoms with Crippen LogP contribution in [0.25, 0.3) is 0 Å². The highest BCUT2D eigenvalue weighted by Crippen LogP contribution is 2.27. The van der Waals surface area contributed by atoms with Crippen molar-refractivity contribution in [1.29, 1.82) is 0 Å². The van der Waals surface area contributed by atoms with Gasteiger partial charge in [0, 0.05) is 10.6 Å². The zero-order valence-electron chi connectivity index (χ0n) is 13.2. The van der Waals surface area contributed by atoms with Crippen LogP contribution in [0.1, 0.15) is 5.56 Å². The van der Waals surface area contributed by atoms with Gasteiger partial charge < -0.3 is 10.6 Å². The van der Waals surface area contributed by atoms with Crippen molar-refractivity contribution in [3.8, 4) is 0 Å². The summed E-state index contributed by atoms with van der Waals surface area (Å²) in [6, 6.07) is 21.0. The third-order valence-corrected chi connectivity index (χ3v) is 4.18. The SMILES string of the molecule is Cc1cccc(Sc2ccc(NC(=O)Nc3ccccc3)cn2)c1. The Bertz CT molecular complexity index is 820. The first-order chi connectivity index (χ1) is 11.7. The molecule has 24 heavy (non-hydrogen) atoms. The molecule has 0 bridgehead atoms. The third-order valence-electron chi connectivity index (χ3n) is 3.24. The van der Waals surface area contributed by atoms with E-state index < -0.39 is 0 Å². The Morgan fingerprint density at radius 2 is 1.71 bits per heavy atom. The number of aryl methyl sites for hydroxylation is 1. The van der Waals surface area contributed by atoms with Crippen molar-refractivity contribution in [1.82, 2.24) is 4.98 Å². The summed E-state index contributed by atoms with van der Waals surface area (Å²) in [7, 11) is 0. The van der Waals surface area contributed by atoms with Gasteiger partial charge in [0.15, 0.2) is 0 Å². The Balaban J connectivity index is 1.59. The topological polar surface area (TPSA) is 54.0 Å². The van der Waals surface area contributed by atoms with E-state index in [1.807, 2.05) is 48.5 Å². The second-order valence-corrected chi connectivity index (χ2v) is 6.34. The lowest BCUT2D eigenvalue weighted by molar-refractivity contribution is 0.262. The number of carbonyl (C=O) groups is 1. The smallest absolute Gasteiger partial charge is 0.308 e. The van der Waals surface area contributed by atoms with E-state index in [9.17, 15) is 4.79 Å². The molecule has 0 saturated carbocycles. The van der Waals surface area contributed by atoms with E-state index in [0.717, 1.165) is 15.6 Å². The molecule has 4 nitrogen and oxygen atoms in total. The standard InChI is InChI=1S/C19H17N3OS/c1-14-6-5-9-17(12-14)24-18-11-10-16(13-20-18)22-19(23)21-15-7-3-2-4-8-15/h2-13H,1H3,(H2,21,22,23). The van der Waals surface area contributed by atoms with Crippen LogP contribution < -0.4 is 10.6 Å². The van der Waals surface area contributed by atoms with Crippen LogP contribution in [-0.4, -0.2) is 11.0 Å². The number of anilines is 2. The molecule has 0 saturated heterocycles. The molecular weight excluding hydrogens is 318 g/mol. The first-order valence-electron chi connectivity index (χ1n) is 7.53. The van der Waals surface area contributed by atoms with Crippen molar-refractivity contribution in [2.24, 2.45) is 0 Å². The zero-order chi connectivity index (χ0) is 16.8. The van der Waals surface area contributed by atoms with E-state index in [0.29, 0.717) is 5.69 Å². The van der Waals surface area contributed by atoms with E-state index in [-0.39, 0.29) is 6.03 Å². The summed E-state index contributed by atoms with van der Waals surface area (Å²) in [6.45, 7) is 2.07. The number of rotatable bonds is 4. The normalized spacial score (nSPS) is 10.2. The number of benzene rings is 2. The van der Waals surface area contributed by atoms with Gasteiger partial charge in [-0.2, -0.15) is 0 Å². The van der Waals surface area contributed by atoms with E-state index in [1.165, 1.54) is 5.56 Å². The van der Waals surface area contributed by atoms with Gasteiger partial charge in [0.2, 0.25) is 0 Å². The van der Waals surface area contributed by atoms with E-state index in [2.05, 4.69) is 40.7 Å². The van der Waals surface area contributed by atoms with Crippen LogP contribution in [0.15, 0.2) is 82.8 Å². The molecule has 0 spiro atoms. The van der Waals surface area contributed by atoms with Crippen molar-refractivity contribution >= 4 is 29.2 Å². The van der Waals surface area contributed by atoms with Gasteiger partial charge in [0.05, 0.1) is 11.9 Å². The lowest BCUT2D eigenvalue weighted by Crippen LogP contribution is -2.19. The first-order valence-corrected chi connectivity index (χ1v) is 8.34. The van der Waals surface area contributed by atoms with Crippen LogP contribution >= 0.6 is 11.8 Å². The predicted octanol–water partition coefficient (Wildman–Crippen LogP) is 5.19. The van der Waals surface area contributed by atoms with Gasteiger partial charge in [0.1, 0.15) is 5.03 Å². The minimum atomic E-state index is -0.290. The van der Waals surface area contributed by atoms with Gasteiger partial charge in [-0.3, -0.25) is 0 Å². The van der Waals surface area contributed by atoms with Gasteiger partial charge in [0.25, 0.3) is 0 Å². The van der Waals surface area contributed by atoms with Crippen LogP contribution in [0.2, 0.25) is 0 Å². The molecule has 0 aliphatic carbocycles. The molecular formula is C19H17N3OS. The minimum Gasteiger partial charge on any atom is -0.308 e. The number of nitrogens with zero attached hydrogens (tertiary/aromatic N) is 1. The molecule has 0 unspecified atom stereocenters. The van der Waals surface area contributed by atoms with Crippen LogP contribution in [-0.2, 0) is 0 Å². The molecule has 3 aromatic rings. The molecule has 1 aromatic heterocycles.